The van der Waals surface area contributed by atoms with Gasteiger partial charge in [0.15, 0.2) is 0 Å². The second kappa shape index (κ2) is 9.09. The molecule has 2 heterocycles. The van der Waals surface area contributed by atoms with Crippen LogP contribution in [0.5, 0.6) is 0 Å². The van der Waals surface area contributed by atoms with Gasteiger partial charge in [-0.1, -0.05) is 19.9 Å². The van der Waals surface area contributed by atoms with E-state index in [0.717, 1.165) is 0 Å². The van der Waals surface area contributed by atoms with Crippen LogP contribution in [0.1, 0.15) is 20.3 Å². The molecule has 1 unspecified atom stereocenters. The molecule has 0 bridgehead atoms. The first kappa shape index (κ1) is 20.2. The van der Waals surface area contributed by atoms with Crippen LogP contribution in [0.2, 0.25) is 0 Å². The van der Waals surface area contributed by atoms with Crippen molar-refractivity contribution in [3.8, 4) is 0 Å². The minimum Gasteiger partial charge on any atom is -0.336 e. The van der Waals surface area contributed by atoms with Crippen LogP contribution >= 0.6 is 0 Å². The maximum absolute atomic E-state index is 12.5. The summed E-state index contributed by atoms with van der Waals surface area (Å²) >= 11 is 0. The van der Waals surface area contributed by atoms with Crippen molar-refractivity contribution in [1.82, 2.24) is 20.8 Å². The Labute approximate surface area is 168 Å². The fourth-order valence-electron chi connectivity index (χ4n) is 3.04. The van der Waals surface area contributed by atoms with Gasteiger partial charge in [0.1, 0.15) is 11.9 Å². The number of amides is 5. The first-order chi connectivity index (χ1) is 13.9. The normalized spacial score (nSPS) is 14.4. The maximum Gasteiger partial charge on any atom is 0.321 e. The first-order valence-corrected chi connectivity index (χ1v) is 9.45. The van der Waals surface area contributed by atoms with Gasteiger partial charge in [0.25, 0.3) is 0 Å². The van der Waals surface area contributed by atoms with E-state index in [0.29, 0.717) is 36.7 Å². The monoisotopic (exact) mass is 399 g/mol. The Bertz CT molecular complexity index is 866. The molecule has 10 heteroatoms. The third kappa shape index (κ3) is 5.47. The van der Waals surface area contributed by atoms with Crippen LogP contribution in [0.4, 0.5) is 26.8 Å². The van der Waals surface area contributed by atoms with Crippen LogP contribution in [0.25, 0.3) is 0 Å². The topological polar surface area (TPSA) is 131 Å². The van der Waals surface area contributed by atoms with Gasteiger partial charge in [-0.2, -0.15) is 5.10 Å². The fourth-order valence-corrected chi connectivity index (χ4v) is 3.04. The first-order valence-electron chi connectivity index (χ1n) is 9.45. The number of aromatic nitrogens is 2. The van der Waals surface area contributed by atoms with Crippen molar-refractivity contribution in [1.29, 1.82) is 0 Å². The number of nitrogens with zero attached hydrogens (tertiary/aromatic N) is 2. The number of benzene rings is 1. The summed E-state index contributed by atoms with van der Waals surface area (Å²) in [6.45, 7) is 5.10. The second-order valence-corrected chi connectivity index (χ2v) is 7.17. The smallest absolute Gasteiger partial charge is 0.321 e. The molecule has 0 saturated carbocycles. The molecule has 1 aromatic heterocycles. The van der Waals surface area contributed by atoms with Crippen LogP contribution < -0.4 is 26.2 Å². The van der Waals surface area contributed by atoms with Gasteiger partial charge in [-0.25, -0.2) is 9.59 Å². The zero-order valence-electron chi connectivity index (χ0n) is 16.4. The van der Waals surface area contributed by atoms with Crippen LogP contribution in [-0.2, 0) is 4.79 Å². The summed E-state index contributed by atoms with van der Waals surface area (Å²) in [5.74, 6) is 0.327. The molecule has 5 N–H and O–H groups in total. The summed E-state index contributed by atoms with van der Waals surface area (Å²) < 4.78 is 0. The number of anilines is 3. The Morgan fingerprint density at radius 1 is 1.24 bits per heavy atom. The predicted octanol–water partition coefficient (Wildman–Crippen LogP) is 2.11. The molecule has 1 aromatic carbocycles. The van der Waals surface area contributed by atoms with Gasteiger partial charge in [0.05, 0.1) is 6.20 Å². The van der Waals surface area contributed by atoms with E-state index >= 15 is 0 Å². The largest absolute Gasteiger partial charge is 0.336 e. The van der Waals surface area contributed by atoms with E-state index < -0.39 is 12.1 Å². The van der Waals surface area contributed by atoms with Gasteiger partial charge in [0, 0.05) is 30.5 Å². The third-order valence-corrected chi connectivity index (χ3v) is 4.36. The van der Waals surface area contributed by atoms with Crippen molar-refractivity contribution in [2.75, 3.05) is 28.6 Å². The summed E-state index contributed by atoms with van der Waals surface area (Å²) in [5, 5.41) is 17.3. The van der Waals surface area contributed by atoms with Gasteiger partial charge in [0.2, 0.25) is 5.91 Å². The maximum atomic E-state index is 12.5. The molecular weight excluding hydrogens is 374 g/mol. The molecule has 154 valence electrons. The molecule has 1 atom stereocenters. The highest BCUT2D eigenvalue weighted by atomic mass is 16.2. The molecule has 1 aliphatic heterocycles. The predicted molar refractivity (Wildman–Crippen MR) is 110 cm³/mol. The lowest BCUT2D eigenvalue weighted by molar-refractivity contribution is -0.118. The molecule has 1 fully saturated rings. The SMILES string of the molecule is CC(C)CC(NC(=O)Nc1cccc(N2CCNC2=O)c1)C(=O)Nc1ccn[nH]1. The van der Waals surface area contributed by atoms with E-state index in [1.165, 1.54) is 6.20 Å². The lowest BCUT2D eigenvalue weighted by atomic mass is 10.0. The molecule has 0 spiro atoms. The quantitative estimate of drug-likeness (QED) is 0.488. The average molecular weight is 399 g/mol. The van der Waals surface area contributed by atoms with E-state index in [9.17, 15) is 14.4 Å². The van der Waals surface area contributed by atoms with E-state index in [2.05, 4.69) is 31.5 Å². The number of hydrogen-bond acceptors (Lipinski definition) is 4. The van der Waals surface area contributed by atoms with E-state index in [-0.39, 0.29) is 17.9 Å². The standard InChI is InChI=1S/C19H25N7O3/c1-12(2)10-15(17(27)24-16-6-7-21-25-16)23-18(28)22-13-4-3-5-14(11-13)26-9-8-20-19(26)29/h3-7,11-12,15H,8-10H2,1-2H3,(H,20,29)(H2,22,23,28)(H2,21,24,25,27). The minimum atomic E-state index is -0.717. The van der Waals surface area contributed by atoms with Gasteiger partial charge in [-0.3, -0.25) is 14.8 Å². The molecule has 0 aliphatic carbocycles. The summed E-state index contributed by atoms with van der Waals surface area (Å²) in [7, 11) is 0. The molecule has 2 aromatic rings. The Hall–Kier alpha value is -3.56. The van der Waals surface area contributed by atoms with E-state index in [1.807, 2.05) is 13.8 Å². The number of nitrogens with one attached hydrogen (secondary N) is 5. The number of rotatable bonds is 7. The van der Waals surface area contributed by atoms with Crippen molar-refractivity contribution in [2.24, 2.45) is 5.92 Å². The van der Waals surface area contributed by atoms with Gasteiger partial charge in [-0.05, 0) is 30.5 Å². The van der Waals surface area contributed by atoms with Gasteiger partial charge >= 0.3 is 12.1 Å². The zero-order valence-corrected chi connectivity index (χ0v) is 16.4. The van der Waals surface area contributed by atoms with Crippen molar-refractivity contribution in [3.05, 3.63) is 36.5 Å². The summed E-state index contributed by atoms with van der Waals surface area (Å²) in [5.41, 5.74) is 1.21. The van der Waals surface area contributed by atoms with Crippen molar-refractivity contribution in [3.63, 3.8) is 0 Å². The van der Waals surface area contributed by atoms with E-state index in [1.54, 1.807) is 35.2 Å². The van der Waals surface area contributed by atoms with Crippen LogP contribution in [0.3, 0.4) is 0 Å². The Morgan fingerprint density at radius 3 is 2.72 bits per heavy atom. The van der Waals surface area contributed by atoms with Crippen molar-refractivity contribution < 1.29 is 14.4 Å². The second-order valence-electron chi connectivity index (χ2n) is 7.17. The highest BCUT2D eigenvalue weighted by Crippen LogP contribution is 2.21. The zero-order chi connectivity index (χ0) is 20.8. The molecule has 1 aliphatic rings. The number of hydrogen-bond donors (Lipinski definition) is 5. The van der Waals surface area contributed by atoms with Crippen LogP contribution in [0, 0.1) is 5.92 Å². The number of carbonyl (C=O) groups excluding carboxylic acids is 3. The Balaban J connectivity index is 1.63. The van der Waals surface area contributed by atoms with Crippen molar-refractivity contribution >= 4 is 35.2 Å². The lowest BCUT2D eigenvalue weighted by Crippen LogP contribution is -2.46. The fraction of sp³-hybridized carbons (Fsp3) is 0.368. The molecule has 0 radical (unpaired) electrons. The number of aromatic amines is 1. The lowest BCUT2D eigenvalue weighted by Gasteiger charge is -2.20. The summed E-state index contributed by atoms with van der Waals surface area (Å²) in [4.78, 5) is 38.5. The number of H-pyrrole nitrogens is 1. The molecule has 5 amide bonds. The molecular formula is C19H25N7O3. The Morgan fingerprint density at radius 2 is 2.07 bits per heavy atom. The number of urea groups is 2. The summed E-state index contributed by atoms with van der Waals surface area (Å²) in [6, 6.07) is 7.24. The third-order valence-electron chi connectivity index (χ3n) is 4.36. The highest BCUT2D eigenvalue weighted by molar-refractivity contribution is 5.99. The van der Waals surface area contributed by atoms with Gasteiger partial charge in [-0.15, -0.1) is 0 Å². The van der Waals surface area contributed by atoms with Crippen molar-refractivity contribution in [2.45, 2.75) is 26.3 Å². The molecule has 29 heavy (non-hydrogen) atoms. The van der Waals surface area contributed by atoms with E-state index in [4.69, 9.17) is 0 Å². The molecule has 1 saturated heterocycles. The van der Waals surface area contributed by atoms with Crippen LogP contribution in [0.15, 0.2) is 36.5 Å². The number of carbonyl (C=O) groups is 3. The average Bonchev–Trinajstić information content (AvgIpc) is 3.32. The summed E-state index contributed by atoms with van der Waals surface area (Å²) in [6.07, 6.45) is 2.00. The highest BCUT2D eigenvalue weighted by Gasteiger charge is 2.23. The van der Waals surface area contributed by atoms with Crippen LogP contribution in [-0.4, -0.2) is 47.3 Å². The minimum absolute atomic E-state index is 0.168. The molecule has 10 nitrogen and oxygen atoms in total. The van der Waals surface area contributed by atoms with Gasteiger partial charge < -0.3 is 21.3 Å². The molecule has 3 rings (SSSR count). The Kier molecular flexibility index (Phi) is 6.32.